The number of thioether (sulfide) groups is 1. The molecule has 2 heterocycles. The van der Waals surface area contributed by atoms with Gasteiger partial charge in [0.05, 0.1) is 17.4 Å². The Hall–Kier alpha value is -2.75. The second-order valence-corrected chi connectivity index (χ2v) is 6.48. The normalized spacial score (nSPS) is 11.2. The summed E-state index contributed by atoms with van der Waals surface area (Å²) in [6.45, 7) is 1.56. The Morgan fingerprint density at radius 2 is 2.19 bits per heavy atom. The second-order valence-electron chi connectivity index (χ2n) is 5.50. The minimum atomic E-state index is -2.67. The molecule has 0 spiro atoms. The first-order chi connectivity index (χ1) is 12.4. The molecule has 0 aliphatic carbocycles. The van der Waals surface area contributed by atoms with Gasteiger partial charge in [0.2, 0.25) is 5.91 Å². The molecule has 0 fully saturated rings. The van der Waals surface area contributed by atoms with Crippen LogP contribution in [0, 0.1) is 6.92 Å². The van der Waals surface area contributed by atoms with Crippen molar-refractivity contribution in [2.24, 2.45) is 0 Å². The first-order valence-corrected chi connectivity index (χ1v) is 8.58. The minimum Gasteiger partial charge on any atom is -0.324 e. The van der Waals surface area contributed by atoms with E-state index in [1.165, 1.54) is 0 Å². The summed E-state index contributed by atoms with van der Waals surface area (Å²) < 4.78 is 24.7. The fourth-order valence-electron chi connectivity index (χ4n) is 2.54. The van der Waals surface area contributed by atoms with E-state index in [0.717, 1.165) is 5.39 Å². The molecule has 0 aliphatic rings. The molecule has 0 saturated carbocycles. The molecule has 2 aromatic heterocycles. The number of H-pyrrole nitrogens is 2. The maximum Gasteiger partial charge on any atom is 0.291 e. The zero-order valence-corrected chi connectivity index (χ0v) is 14.5. The topological polar surface area (TPSA) is 104 Å². The smallest absolute Gasteiger partial charge is 0.291 e. The van der Waals surface area contributed by atoms with Gasteiger partial charge in [-0.1, -0.05) is 12.1 Å². The highest BCUT2D eigenvalue weighted by Gasteiger charge is 2.14. The summed E-state index contributed by atoms with van der Waals surface area (Å²) in [5, 5.41) is 10.2. The van der Waals surface area contributed by atoms with Gasteiger partial charge < -0.3 is 10.3 Å². The molecule has 7 nitrogen and oxygen atoms in total. The Kier molecular flexibility index (Phi) is 5.31. The van der Waals surface area contributed by atoms with Gasteiger partial charge in [-0.25, -0.2) is 4.98 Å². The van der Waals surface area contributed by atoms with Crippen LogP contribution in [0.1, 0.15) is 17.7 Å². The van der Waals surface area contributed by atoms with Crippen molar-refractivity contribution in [2.45, 2.75) is 30.7 Å². The molecule has 26 heavy (non-hydrogen) atoms. The van der Waals surface area contributed by atoms with Gasteiger partial charge >= 0.3 is 0 Å². The number of aryl methyl sites for hydroxylation is 1. The van der Waals surface area contributed by atoms with E-state index >= 15 is 0 Å². The molecule has 1 amide bonds. The van der Waals surface area contributed by atoms with Gasteiger partial charge in [0.1, 0.15) is 0 Å². The maximum absolute atomic E-state index is 12.4. The zero-order valence-electron chi connectivity index (χ0n) is 13.7. The van der Waals surface area contributed by atoms with E-state index in [2.05, 4.69) is 25.5 Å². The Morgan fingerprint density at radius 3 is 2.92 bits per heavy atom. The van der Waals surface area contributed by atoms with E-state index in [1.807, 2.05) is 6.07 Å². The molecule has 0 aliphatic heterocycles. The molecule has 3 rings (SSSR count). The van der Waals surface area contributed by atoms with Crippen LogP contribution in [-0.2, 0) is 11.2 Å². The predicted molar refractivity (Wildman–Crippen MR) is 94.5 cm³/mol. The summed E-state index contributed by atoms with van der Waals surface area (Å²) in [4.78, 5) is 30.5. The Bertz CT molecular complexity index is 1000. The average Bonchev–Trinajstić information content (AvgIpc) is 3.03. The number of carbonyl (C=O) groups is 1. The van der Waals surface area contributed by atoms with Crippen LogP contribution in [0.25, 0.3) is 10.9 Å². The number of para-hydroxylation sites is 1. The molecule has 0 bridgehead atoms. The van der Waals surface area contributed by atoms with Crippen LogP contribution in [0.2, 0.25) is 0 Å². The van der Waals surface area contributed by atoms with E-state index in [-0.39, 0.29) is 35.7 Å². The van der Waals surface area contributed by atoms with Crippen LogP contribution >= 0.6 is 11.8 Å². The Balaban J connectivity index is 1.68. The first-order valence-electron chi connectivity index (χ1n) is 7.70. The third-order valence-corrected chi connectivity index (χ3v) is 4.35. The van der Waals surface area contributed by atoms with Gasteiger partial charge in [0.15, 0.2) is 5.16 Å². The summed E-state index contributed by atoms with van der Waals surface area (Å²) >= 11 is 0.175. The number of halogens is 2. The van der Waals surface area contributed by atoms with E-state index in [9.17, 15) is 18.4 Å². The van der Waals surface area contributed by atoms with Crippen molar-refractivity contribution in [3.63, 3.8) is 0 Å². The number of anilines is 1. The number of hydrogen-bond acceptors (Lipinski definition) is 5. The standard InChI is InChI=1S/C16H15F2N5O2S/c1-8-10(14(25)22-16(20-8)26-15(17)18)5-6-12(24)21-11-4-2-3-9-7-19-23-13(9)11/h2-4,7,15H,5-6H2,1H3,(H,19,23)(H,21,24)(H,20,22,25). The van der Waals surface area contributed by atoms with Crippen molar-refractivity contribution in [3.8, 4) is 0 Å². The number of carbonyl (C=O) groups excluding carboxylic acids is 1. The Morgan fingerprint density at radius 1 is 1.38 bits per heavy atom. The van der Waals surface area contributed by atoms with Gasteiger partial charge in [0, 0.05) is 23.1 Å². The van der Waals surface area contributed by atoms with Crippen molar-refractivity contribution in [2.75, 3.05) is 5.32 Å². The lowest BCUT2D eigenvalue weighted by atomic mass is 10.1. The minimum absolute atomic E-state index is 0.0530. The highest BCUT2D eigenvalue weighted by molar-refractivity contribution is 7.99. The van der Waals surface area contributed by atoms with Crippen LogP contribution in [0.3, 0.4) is 0 Å². The molecule has 0 saturated heterocycles. The van der Waals surface area contributed by atoms with Crippen LogP contribution < -0.4 is 10.9 Å². The van der Waals surface area contributed by atoms with Crippen LogP contribution in [0.5, 0.6) is 0 Å². The zero-order chi connectivity index (χ0) is 18.7. The third kappa shape index (κ3) is 4.07. The van der Waals surface area contributed by atoms with E-state index in [0.29, 0.717) is 22.5 Å². The van der Waals surface area contributed by atoms with E-state index in [4.69, 9.17) is 0 Å². The van der Waals surface area contributed by atoms with Gasteiger partial charge in [0.25, 0.3) is 11.3 Å². The largest absolute Gasteiger partial charge is 0.324 e. The van der Waals surface area contributed by atoms with Gasteiger partial charge in [-0.05, 0) is 31.2 Å². The highest BCUT2D eigenvalue weighted by Crippen LogP contribution is 2.22. The second kappa shape index (κ2) is 7.65. The molecular formula is C16H15F2N5O2S. The molecule has 0 radical (unpaired) electrons. The number of nitrogens with zero attached hydrogens (tertiary/aromatic N) is 2. The third-order valence-electron chi connectivity index (χ3n) is 3.75. The number of aromatic nitrogens is 4. The summed E-state index contributed by atoms with van der Waals surface area (Å²) in [6, 6.07) is 5.40. The summed E-state index contributed by atoms with van der Waals surface area (Å²) in [5.74, 6) is -2.95. The molecule has 0 unspecified atom stereocenters. The molecule has 136 valence electrons. The van der Waals surface area contributed by atoms with Crippen molar-refractivity contribution in [3.05, 3.63) is 46.0 Å². The molecule has 0 atom stereocenters. The molecule has 3 aromatic rings. The van der Waals surface area contributed by atoms with Crippen LogP contribution in [-0.4, -0.2) is 31.8 Å². The summed E-state index contributed by atoms with van der Waals surface area (Å²) in [5.41, 5.74) is 1.44. The fraction of sp³-hybridized carbons (Fsp3) is 0.250. The number of fused-ring (bicyclic) bond motifs is 1. The number of hydrogen-bond donors (Lipinski definition) is 3. The lowest BCUT2D eigenvalue weighted by molar-refractivity contribution is -0.116. The first kappa shape index (κ1) is 18.1. The number of alkyl halides is 2. The van der Waals surface area contributed by atoms with Crippen molar-refractivity contribution in [1.29, 1.82) is 0 Å². The predicted octanol–water partition coefficient (Wildman–Crippen LogP) is 2.84. The van der Waals surface area contributed by atoms with Gasteiger partial charge in [-0.15, -0.1) is 0 Å². The maximum atomic E-state index is 12.4. The van der Waals surface area contributed by atoms with Crippen LogP contribution in [0.15, 0.2) is 34.3 Å². The molecular weight excluding hydrogens is 364 g/mol. The lowest BCUT2D eigenvalue weighted by Gasteiger charge is -2.08. The summed E-state index contributed by atoms with van der Waals surface area (Å²) in [6.07, 6.45) is 1.86. The highest BCUT2D eigenvalue weighted by atomic mass is 32.2. The fourth-order valence-corrected chi connectivity index (χ4v) is 3.05. The molecule has 1 aromatic carbocycles. The lowest BCUT2D eigenvalue weighted by Crippen LogP contribution is -2.20. The average molecular weight is 379 g/mol. The van der Waals surface area contributed by atoms with Gasteiger partial charge in [-0.3, -0.25) is 14.7 Å². The van der Waals surface area contributed by atoms with Crippen molar-refractivity contribution >= 4 is 34.3 Å². The SMILES string of the molecule is Cc1nc(SC(F)F)[nH]c(=O)c1CCC(=O)Nc1cccc2cn[nH]c12. The van der Waals surface area contributed by atoms with Crippen molar-refractivity contribution in [1.82, 2.24) is 20.2 Å². The number of amides is 1. The monoisotopic (exact) mass is 379 g/mol. The molecule has 3 N–H and O–H groups in total. The molecule has 10 heteroatoms. The van der Waals surface area contributed by atoms with Gasteiger partial charge in [-0.2, -0.15) is 13.9 Å². The number of aromatic amines is 2. The number of rotatable bonds is 6. The quantitative estimate of drug-likeness (QED) is 0.451. The number of nitrogens with one attached hydrogen (secondary N) is 3. The summed E-state index contributed by atoms with van der Waals surface area (Å²) in [7, 11) is 0. The van der Waals surface area contributed by atoms with Crippen molar-refractivity contribution < 1.29 is 13.6 Å². The number of benzene rings is 1. The van der Waals surface area contributed by atoms with E-state index in [1.54, 1.807) is 25.3 Å². The Labute approximate surface area is 150 Å². The van der Waals surface area contributed by atoms with Crippen LogP contribution in [0.4, 0.5) is 14.5 Å². The van der Waals surface area contributed by atoms with E-state index < -0.39 is 11.3 Å².